The molecule has 1 aliphatic carbocycles. The van der Waals surface area contributed by atoms with Crippen molar-refractivity contribution < 1.29 is 13.9 Å². The number of aliphatic imine (C=N–C) groups is 1. The smallest absolute Gasteiger partial charge is 0.284 e. The first kappa shape index (κ1) is 19.3. The first-order valence-corrected chi connectivity index (χ1v) is 9.21. The minimum atomic E-state index is -0.573. The Labute approximate surface area is 149 Å². The Morgan fingerprint density at radius 2 is 2.04 bits per heavy atom. The maximum absolute atomic E-state index is 11.0. The molecule has 2 rings (SSSR count). The van der Waals surface area contributed by atoms with Gasteiger partial charge in [0.05, 0.1) is 12.7 Å². The second-order valence-corrected chi connectivity index (χ2v) is 6.24. The number of hydrogen-bond acceptors (Lipinski definition) is 4. The van der Waals surface area contributed by atoms with Crippen molar-refractivity contribution in [3.8, 4) is 0 Å². The third-order valence-electron chi connectivity index (χ3n) is 4.19. The number of amides is 1. The highest BCUT2D eigenvalue weighted by atomic mass is 16.5. The third kappa shape index (κ3) is 7.17. The molecule has 0 atom stereocenters. The molecule has 0 saturated heterocycles. The van der Waals surface area contributed by atoms with Crippen LogP contribution in [0.5, 0.6) is 0 Å². The van der Waals surface area contributed by atoms with Gasteiger partial charge in [0.15, 0.2) is 11.7 Å². The van der Waals surface area contributed by atoms with Crippen LogP contribution in [0.25, 0.3) is 0 Å². The summed E-state index contributed by atoms with van der Waals surface area (Å²) in [6, 6.07) is 3.27. The van der Waals surface area contributed by atoms with E-state index in [-0.39, 0.29) is 5.76 Å². The van der Waals surface area contributed by atoms with Gasteiger partial charge in [0.25, 0.3) is 5.91 Å². The summed E-state index contributed by atoms with van der Waals surface area (Å²) in [5, 5.41) is 6.44. The first-order chi connectivity index (χ1) is 12.2. The van der Waals surface area contributed by atoms with Crippen molar-refractivity contribution in [3.63, 3.8) is 0 Å². The van der Waals surface area contributed by atoms with Crippen LogP contribution in [0.4, 0.5) is 0 Å². The fourth-order valence-corrected chi connectivity index (χ4v) is 2.90. The molecule has 7 heteroatoms. The Morgan fingerprint density at radius 3 is 2.68 bits per heavy atom. The van der Waals surface area contributed by atoms with Crippen LogP contribution in [-0.4, -0.2) is 37.7 Å². The summed E-state index contributed by atoms with van der Waals surface area (Å²) in [5.74, 6) is 0.876. The monoisotopic (exact) mass is 350 g/mol. The van der Waals surface area contributed by atoms with Crippen molar-refractivity contribution in [2.45, 2.75) is 58.1 Å². The highest BCUT2D eigenvalue weighted by Crippen LogP contribution is 2.19. The molecule has 0 aliphatic heterocycles. The summed E-state index contributed by atoms with van der Waals surface area (Å²) in [6.07, 6.45) is 7.97. The Balaban J connectivity index is 1.73. The predicted molar refractivity (Wildman–Crippen MR) is 97.5 cm³/mol. The van der Waals surface area contributed by atoms with E-state index in [2.05, 4.69) is 15.6 Å². The van der Waals surface area contributed by atoms with Crippen LogP contribution in [0.2, 0.25) is 0 Å². The molecule has 1 saturated carbocycles. The maximum atomic E-state index is 11.0. The second-order valence-electron chi connectivity index (χ2n) is 6.24. The van der Waals surface area contributed by atoms with E-state index >= 15 is 0 Å². The van der Waals surface area contributed by atoms with Crippen LogP contribution in [0, 0.1) is 0 Å². The van der Waals surface area contributed by atoms with Gasteiger partial charge in [-0.1, -0.05) is 25.7 Å². The third-order valence-corrected chi connectivity index (χ3v) is 4.19. The number of furan rings is 1. The predicted octanol–water partition coefficient (Wildman–Crippen LogP) is 2.17. The highest BCUT2D eigenvalue weighted by molar-refractivity contribution is 5.89. The van der Waals surface area contributed by atoms with Crippen molar-refractivity contribution >= 4 is 11.9 Å². The molecule has 0 radical (unpaired) electrons. The van der Waals surface area contributed by atoms with E-state index in [1.807, 2.05) is 6.92 Å². The molecule has 1 fully saturated rings. The van der Waals surface area contributed by atoms with Crippen molar-refractivity contribution in [3.05, 3.63) is 23.7 Å². The number of hydrogen-bond donors (Lipinski definition) is 3. The number of primary amides is 1. The summed E-state index contributed by atoms with van der Waals surface area (Å²) < 4.78 is 11.3. The average Bonchev–Trinajstić information content (AvgIpc) is 2.93. The van der Waals surface area contributed by atoms with E-state index in [1.165, 1.54) is 38.5 Å². The van der Waals surface area contributed by atoms with Gasteiger partial charge in [0, 0.05) is 13.1 Å². The van der Waals surface area contributed by atoms with Crippen LogP contribution in [0.1, 0.15) is 61.8 Å². The summed E-state index contributed by atoms with van der Waals surface area (Å²) >= 11 is 0. The van der Waals surface area contributed by atoms with Crippen LogP contribution in [-0.2, 0) is 11.3 Å². The van der Waals surface area contributed by atoms with Crippen molar-refractivity contribution in [2.75, 3.05) is 19.7 Å². The van der Waals surface area contributed by atoms with Gasteiger partial charge in [0.2, 0.25) is 0 Å². The highest BCUT2D eigenvalue weighted by Gasteiger charge is 2.12. The van der Waals surface area contributed by atoms with E-state index in [0.717, 1.165) is 6.54 Å². The molecule has 1 amide bonds. The molecule has 0 bridgehead atoms. The van der Waals surface area contributed by atoms with Crippen molar-refractivity contribution in [1.82, 2.24) is 10.6 Å². The Morgan fingerprint density at radius 1 is 1.28 bits per heavy atom. The molecule has 25 heavy (non-hydrogen) atoms. The number of rotatable bonds is 8. The number of nitrogens with two attached hydrogens (primary N) is 1. The lowest BCUT2D eigenvalue weighted by molar-refractivity contribution is 0.0468. The van der Waals surface area contributed by atoms with E-state index in [4.69, 9.17) is 14.9 Å². The molecule has 0 aromatic carbocycles. The SMILES string of the molecule is CCNC(=NCc1ccc(C(N)=O)o1)NCCOC1CCCCCC1. The molecule has 1 aromatic heterocycles. The van der Waals surface area contributed by atoms with Crippen LogP contribution in [0.3, 0.4) is 0 Å². The molecule has 0 spiro atoms. The summed E-state index contributed by atoms with van der Waals surface area (Å²) in [6.45, 7) is 4.48. The topological polar surface area (TPSA) is 102 Å². The van der Waals surface area contributed by atoms with Gasteiger partial charge in [-0.05, 0) is 31.9 Å². The normalized spacial score (nSPS) is 16.4. The molecular formula is C18H30N4O3. The maximum Gasteiger partial charge on any atom is 0.284 e. The van der Waals surface area contributed by atoms with Crippen LogP contribution >= 0.6 is 0 Å². The van der Waals surface area contributed by atoms with Gasteiger partial charge in [-0.2, -0.15) is 0 Å². The number of guanidine groups is 1. The Kier molecular flexibility index (Phi) is 8.31. The molecule has 140 valence electrons. The molecule has 1 heterocycles. The minimum Gasteiger partial charge on any atom is -0.454 e. The minimum absolute atomic E-state index is 0.153. The fraction of sp³-hybridized carbons (Fsp3) is 0.667. The van der Waals surface area contributed by atoms with Gasteiger partial charge in [-0.25, -0.2) is 4.99 Å². The lowest BCUT2D eigenvalue weighted by Gasteiger charge is -2.16. The van der Waals surface area contributed by atoms with E-state index in [9.17, 15) is 4.79 Å². The van der Waals surface area contributed by atoms with Crippen molar-refractivity contribution in [1.29, 1.82) is 0 Å². The molecular weight excluding hydrogens is 320 g/mol. The quantitative estimate of drug-likeness (QED) is 0.289. The number of nitrogens with zero attached hydrogens (tertiary/aromatic N) is 1. The largest absolute Gasteiger partial charge is 0.454 e. The van der Waals surface area contributed by atoms with Gasteiger partial charge >= 0.3 is 0 Å². The lowest BCUT2D eigenvalue weighted by Crippen LogP contribution is -2.39. The zero-order valence-electron chi connectivity index (χ0n) is 15.1. The van der Waals surface area contributed by atoms with E-state index < -0.39 is 5.91 Å². The van der Waals surface area contributed by atoms with Crippen LogP contribution < -0.4 is 16.4 Å². The molecule has 7 nitrogen and oxygen atoms in total. The fourth-order valence-electron chi connectivity index (χ4n) is 2.90. The van der Waals surface area contributed by atoms with Gasteiger partial charge in [0.1, 0.15) is 12.3 Å². The first-order valence-electron chi connectivity index (χ1n) is 9.21. The molecule has 4 N–H and O–H groups in total. The zero-order valence-corrected chi connectivity index (χ0v) is 15.1. The van der Waals surface area contributed by atoms with Crippen molar-refractivity contribution in [2.24, 2.45) is 10.7 Å². The Hall–Kier alpha value is -2.02. The second kappa shape index (κ2) is 10.8. The number of nitrogens with one attached hydrogen (secondary N) is 2. The summed E-state index contributed by atoms with van der Waals surface area (Å²) in [5.41, 5.74) is 5.18. The molecule has 1 aromatic rings. The molecule has 1 aliphatic rings. The summed E-state index contributed by atoms with van der Waals surface area (Å²) in [4.78, 5) is 15.5. The number of carbonyl (C=O) groups excluding carboxylic acids is 1. The number of ether oxygens (including phenoxy) is 1. The average molecular weight is 350 g/mol. The Bertz CT molecular complexity index is 548. The van der Waals surface area contributed by atoms with E-state index in [0.29, 0.717) is 37.5 Å². The van der Waals surface area contributed by atoms with Gasteiger partial charge < -0.3 is 25.5 Å². The standard InChI is InChI=1S/C18H30N4O3/c1-2-20-18(22-13-15-9-10-16(25-15)17(19)23)21-11-12-24-14-7-5-3-4-6-8-14/h9-10,14H,2-8,11-13H2,1H3,(H2,19,23)(H2,20,21,22). The molecule has 0 unspecified atom stereocenters. The zero-order chi connectivity index (χ0) is 17.9. The summed E-state index contributed by atoms with van der Waals surface area (Å²) in [7, 11) is 0. The van der Waals surface area contributed by atoms with Gasteiger partial charge in [-0.3, -0.25) is 4.79 Å². The van der Waals surface area contributed by atoms with Gasteiger partial charge in [-0.15, -0.1) is 0 Å². The lowest BCUT2D eigenvalue weighted by atomic mass is 10.1. The van der Waals surface area contributed by atoms with E-state index in [1.54, 1.807) is 12.1 Å². The van der Waals surface area contributed by atoms with Crippen LogP contribution in [0.15, 0.2) is 21.5 Å². The number of carbonyl (C=O) groups is 1.